The molecule has 2 N–H and O–H groups in total. The Hall–Kier alpha value is -2.64. The van der Waals surface area contributed by atoms with Crippen LogP contribution < -0.4 is 15.4 Å². The van der Waals surface area contributed by atoms with Crippen molar-refractivity contribution in [3.63, 3.8) is 0 Å². The molecule has 1 aromatic heterocycles. The van der Waals surface area contributed by atoms with Crippen molar-refractivity contribution in [2.75, 3.05) is 17.7 Å². The summed E-state index contributed by atoms with van der Waals surface area (Å²) >= 11 is 11.5. The van der Waals surface area contributed by atoms with E-state index in [-0.39, 0.29) is 0 Å². The van der Waals surface area contributed by atoms with Crippen LogP contribution in [0.3, 0.4) is 0 Å². The number of rotatable bonds is 5. The van der Waals surface area contributed by atoms with E-state index in [4.69, 9.17) is 28.6 Å². The molecule has 0 amide bonds. The third-order valence-corrected chi connectivity index (χ3v) is 4.23. The number of hydrogen-bond donors (Lipinski definition) is 2. The van der Waals surface area contributed by atoms with Crippen molar-refractivity contribution in [3.8, 4) is 5.75 Å². The zero-order valence-corrected chi connectivity index (χ0v) is 15.9. The Morgan fingerprint density at radius 2 is 2.04 bits per heavy atom. The fourth-order valence-electron chi connectivity index (χ4n) is 2.40. The lowest BCUT2D eigenvalue weighted by Crippen LogP contribution is -2.20. The number of benzene rings is 2. The minimum absolute atomic E-state index is 0.379. The molecule has 134 valence electrons. The van der Waals surface area contributed by atoms with E-state index < -0.39 is 0 Å². The van der Waals surface area contributed by atoms with E-state index in [1.165, 1.54) is 0 Å². The van der Waals surface area contributed by atoms with Crippen LogP contribution in [0.5, 0.6) is 5.75 Å². The third kappa shape index (κ3) is 4.50. The highest BCUT2D eigenvalue weighted by molar-refractivity contribution is 7.80. The number of nitrogens with zero attached hydrogens (tertiary/aromatic N) is 3. The van der Waals surface area contributed by atoms with Crippen LogP contribution >= 0.6 is 23.8 Å². The van der Waals surface area contributed by atoms with Gasteiger partial charge in [-0.25, -0.2) is 9.67 Å². The summed E-state index contributed by atoms with van der Waals surface area (Å²) in [6.45, 7) is 2.53. The number of aryl methyl sites for hydroxylation is 1. The van der Waals surface area contributed by atoms with Gasteiger partial charge in [-0.1, -0.05) is 35.9 Å². The molecule has 0 saturated carbocycles. The molecular weight excluding hydrogens is 370 g/mol. The van der Waals surface area contributed by atoms with Crippen LogP contribution in [-0.4, -0.2) is 27.0 Å². The number of nitrogens with one attached hydrogen (secondary N) is 2. The molecule has 6 nitrogen and oxygen atoms in total. The second-order valence-corrected chi connectivity index (χ2v) is 6.46. The van der Waals surface area contributed by atoms with Crippen molar-refractivity contribution in [2.24, 2.45) is 0 Å². The van der Waals surface area contributed by atoms with Crippen molar-refractivity contribution in [1.82, 2.24) is 14.8 Å². The normalized spacial score (nSPS) is 10.4. The fourth-order valence-corrected chi connectivity index (χ4v) is 2.80. The molecule has 0 bridgehead atoms. The first-order valence-electron chi connectivity index (χ1n) is 7.90. The standard InChI is InChI=1S/C18H18ClN5OS/c1-12-7-8-16(25-2)15(9-12)21-18(26)22-17-20-11-24(23-17)10-13-5-3-4-6-14(13)19/h3-9,11H,10H2,1-2H3,(H2,21,22,23,26). The molecule has 0 aliphatic carbocycles. The summed E-state index contributed by atoms with van der Waals surface area (Å²) in [5, 5.41) is 11.5. The van der Waals surface area contributed by atoms with E-state index in [0.29, 0.717) is 28.4 Å². The summed E-state index contributed by atoms with van der Waals surface area (Å²) in [7, 11) is 1.62. The highest BCUT2D eigenvalue weighted by atomic mass is 35.5. The van der Waals surface area contributed by atoms with Crippen LogP contribution in [0.2, 0.25) is 5.02 Å². The van der Waals surface area contributed by atoms with Crippen LogP contribution in [0.4, 0.5) is 11.6 Å². The molecule has 0 aliphatic heterocycles. The predicted molar refractivity (Wildman–Crippen MR) is 108 cm³/mol. The lowest BCUT2D eigenvalue weighted by atomic mass is 10.2. The monoisotopic (exact) mass is 387 g/mol. The molecule has 0 spiro atoms. The maximum Gasteiger partial charge on any atom is 0.248 e. The number of halogens is 1. The van der Waals surface area contributed by atoms with E-state index in [0.717, 1.165) is 16.8 Å². The molecule has 0 unspecified atom stereocenters. The summed E-state index contributed by atoms with van der Waals surface area (Å²) in [5.74, 6) is 1.11. The number of hydrogen-bond acceptors (Lipinski definition) is 4. The average molecular weight is 388 g/mol. The van der Waals surface area contributed by atoms with Crippen LogP contribution in [0.25, 0.3) is 0 Å². The Bertz CT molecular complexity index is 927. The molecule has 2 aromatic carbocycles. The summed E-state index contributed by atoms with van der Waals surface area (Å²) < 4.78 is 7.03. The molecule has 0 radical (unpaired) electrons. The third-order valence-electron chi connectivity index (χ3n) is 3.66. The predicted octanol–water partition coefficient (Wildman–Crippen LogP) is 4.11. The minimum atomic E-state index is 0.379. The molecule has 0 aliphatic rings. The summed E-state index contributed by atoms with van der Waals surface area (Å²) in [6.07, 6.45) is 1.63. The maximum atomic E-state index is 6.18. The minimum Gasteiger partial charge on any atom is -0.495 e. The summed E-state index contributed by atoms with van der Waals surface area (Å²) in [6, 6.07) is 13.4. The van der Waals surface area contributed by atoms with Gasteiger partial charge in [0.15, 0.2) is 5.11 Å². The van der Waals surface area contributed by atoms with E-state index in [1.54, 1.807) is 18.1 Å². The Balaban J connectivity index is 1.65. The number of aromatic nitrogens is 3. The van der Waals surface area contributed by atoms with Crippen molar-refractivity contribution < 1.29 is 4.74 Å². The Morgan fingerprint density at radius 3 is 2.81 bits per heavy atom. The van der Waals surface area contributed by atoms with Crippen LogP contribution in [0.1, 0.15) is 11.1 Å². The molecule has 3 aromatic rings. The quantitative estimate of drug-likeness (QED) is 0.642. The molecule has 3 rings (SSSR count). The molecular formula is C18H18ClN5OS. The first kappa shape index (κ1) is 18.2. The van der Waals surface area contributed by atoms with Crippen molar-refractivity contribution in [1.29, 1.82) is 0 Å². The molecule has 0 atom stereocenters. The van der Waals surface area contributed by atoms with Gasteiger partial charge in [-0.05, 0) is 48.5 Å². The molecule has 1 heterocycles. The highest BCUT2D eigenvalue weighted by Gasteiger charge is 2.08. The van der Waals surface area contributed by atoms with Crippen LogP contribution in [0, 0.1) is 6.92 Å². The van der Waals surface area contributed by atoms with Gasteiger partial charge in [0.25, 0.3) is 0 Å². The zero-order chi connectivity index (χ0) is 18.5. The van der Waals surface area contributed by atoms with Gasteiger partial charge >= 0.3 is 0 Å². The van der Waals surface area contributed by atoms with Gasteiger partial charge in [0, 0.05) is 5.02 Å². The fraction of sp³-hybridized carbons (Fsp3) is 0.167. The van der Waals surface area contributed by atoms with Gasteiger partial charge in [0.05, 0.1) is 19.3 Å². The second kappa shape index (κ2) is 8.16. The number of methoxy groups -OCH3 is 1. The van der Waals surface area contributed by atoms with Gasteiger partial charge in [0.1, 0.15) is 12.1 Å². The Labute approximate surface area is 162 Å². The first-order chi connectivity index (χ1) is 12.5. The topological polar surface area (TPSA) is 64.0 Å². The SMILES string of the molecule is COc1ccc(C)cc1NC(=S)Nc1ncn(Cc2ccccc2Cl)n1. The summed E-state index contributed by atoms with van der Waals surface area (Å²) in [5.41, 5.74) is 2.84. The van der Waals surface area contributed by atoms with Gasteiger partial charge in [-0.3, -0.25) is 5.32 Å². The lowest BCUT2D eigenvalue weighted by molar-refractivity contribution is 0.417. The summed E-state index contributed by atoms with van der Waals surface area (Å²) in [4.78, 5) is 4.22. The van der Waals surface area contributed by atoms with Gasteiger partial charge in [-0.15, -0.1) is 5.10 Å². The Kier molecular flexibility index (Phi) is 5.70. The van der Waals surface area contributed by atoms with E-state index in [9.17, 15) is 0 Å². The first-order valence-corrected chi connectivity index (χ1v) is 8.69. The second-order valence-electron chi connectivity index (χ2n) is 5.64. The smallest absolute Gasteiger partial charge is 0.248 e. The zero-order valence-electron chi connectivity index (χ0n) is 14.4. The highest BCUT2D eigenvalue weighted by Crippen LogP contribution is 2.25. The van der Waals surface area contributed by atoms with Crippen LogP contribution in [0.15, 0.2) is 48.8 Å². The number of ether oxygens (including phenoxy) is 1. The largest absolute Gasteiger partial charge is 0.495 e. The van der Waals surface area contributed by atoms with Gasteiger partial charge < -0.3 is 10.1 Å². The van der Waals surface area contributed by atoms with E-state index in [2.05, 4.69) is 20.7 Å². The maximum absolute atomic E-state index is 6.18. The van der Waals surface area contributed by atoms with E-state index in [1.807, 2.05) is 49.4 Å². The molecule has 26 heavy (non-hydrogen) atoms. The lowest BCUT2D eigenvalue weighted by Gasteiger charge is -2.12. The number of anilines is 2. The molecule has 8 heteroatoms. The average Bonchev–Trinajstić information content (AvgIpc) is 3.04. The van der Waals surface area contributed by atoms with Gasteiger partial charge in [-0.2, -0.15) is 0 Å². The molecule has 0 fully saturated rings. The number of thiocarbonyl (C=S) groups is 1. The van der Waals surface area contributed by atoms with Crippen molar-refractivity contribution in [2.45, 2.75) is 13.5 Å². The molecule has 0 saturated heterocycles. The van der Waals surface area contributed by atoms with Crippen molar-refractivity contribution >= 4 is 40.6 Å². The van der Waals surface area contributed by atoms with Crippen LogP contribution in [-0.2, 0) is 6.54 Å². The van der Waals surface area contributed by atoms with Crippen molar-refractivity contribution in [3.05, 3.63) is 64.9 Å². The Morgan fingerprint density at radius 1 is 1.23 bits per heavy atom. The van der Waals surface area contributed by atoms with Gasteiger partial charge in [0.2, 0.25) is 5.95 Å². The van der Waals surface area contributed by atoms with E-state index >= 15 is 0 Å².